The van der Waals surface area contributed by atoms with Gasteiger partial charge in [0.1, 0.15) is 0 Å². The predicted molar refractivity (Wildman–Crippen MR) is 33.4 cm³/mol. The van der Waals surface area contributed by atoms with E-state index in [2.05, 4.69) is 6.92 Å². The molecule has 2 aliphatic rings. The lowest BCUT2D eigenvalue weighted by Crippen LogP contribution is -2.33. The maximum absolute atomic E-state index is 5.90. The summed E-state index contributed by atoms with van der Waals surface area (Å²) in [6.45, 7) is 2.18. The number of hydrogen-bond acceptors (Lipinski definition) is 1. The SMILES string of the molecule is CC1(N)CC2CC2C1. The van der Waals surface area contributed by atoms with Crippen LogP contribution in [0, 0.1) is 11.8 Å². The molecule has 0 radical (unpaired) electrons. The topological polar surface area (TPSA) is 26.0 Å². The Kier molecular flexibility index (Phi) is 0.663. The van der Waals surface area contributed by atoms with E-state index in [1.807, 2.05) is 0 Å². The van der Waals surface area contributed by atoms with Crippen molar-refractivity contribution >= 4 is 0 Å². The Bertz CT molecular complexity index is 106. The van der Waals surface area contributed by atoms with E-state index >= 15 is 0 Å². The Morgan fingerprint density at radius 3 is 2.12 bits per heavy atom. The molecule has 0 amide bonds. The Balaban J connectivity index is 2.08. The molecule has 0 aliphatic heterocycles. The van der Waals surface area contributed by atoms with Crippen LogP contribution in [0.25, 0.3) is 0 Å². The molecule has 0 bridgehead atoms. The van der Waals surface area contributed by atoms with Gasteiger partial charge in [-0.05, 0) is 38.0 Å². The fourth-order valence-corrected chi connectivity index (χ4v) is 2.09. The highest BCUT2D eigenvalue weighted by molar-refractivity contribution is 5.04. The molecule has 2 fully saturated rings. The molecule has 2 N–H and O–H groups in total. The second kappa shape index (κ2) is 1.10. The monoisotopic (exact) mass is 111 g/mol. The van der Waals surface area contributed by atoms with Crippen LogP contribution in [0.15, 0.2) is 0 Å². The second-order valence-electron chi connectivity index (χ2n) is 3.82. The van der Waals surface area contributed by atoms with Crippen molar-refractivity contribution in [1.82, 2.24) is 0 Å². The van der Waals surface area contributed by atoms with Gasteiger partial charge in [0.15, 0.2) is 0 Å². The first kappa shape index (κ1) is 4.80. The maximum Gasteiger partial charge on any atom is 0.0131 e. The van der Waals surface area contributed by atoms with Gasteiger partial charge in [0.2, 0.25) is 0 Å². The lowest BCUT2D eigenvalue weighted by atomic mass is 9.98. The molecule has 1 heteroatoms. The third-order valence-electron chi connectivity index (χ3n) is 2.53. The molecule has 2 aliphatic carbocycles. The highest BCUT2D eigenvalue weighted by Crippen LogP contribution is 2.54. The first-order valence-corrected chi connectivity index (χ1v) is 3.46. The van der Waals surface area contributed by atoms with E-state index < -0.39 is 0 Å². The van der Waals surface area contributed by atoms with Crippen LogP contribution in [0.3, 0.4) is 0 Å². The van der Waals surface area contributed by atoms with E-state index in [-0.39, 0.29) is 5.54 Å². The Morgan fingerprint density at radius 2 is 1.88 bits per heavy atom. The summed E-state index contributed by atoms with van der Waals surface area (Å²) in [5.41, 5.74) is 6.11. The normalized spacial score (nSPS) is 60.8. The first-order valence-electron chi connectivity index (χ1n) is 3.46. The van der Waals surface area contributed by atoms with Crippen LogP contribution >= 0.6 is 0 Å². The zero-order chi connectivity index (χ0) is 5.78. The van der Waals surface area contributed by atoms with Crippen molar-refractivity contribution in [3.63, 3.8) is 0 Å². The van der Waals surface area contributed by atoms with Crippen LogP contribution in [0.2, 0.25) is 0 Å². The second-order valence-corrected chi connectivity index (χ2v) is 3.82. The third-order valence-corrected chi connectivity index (χ3v) is 2.53. The summed E-state index contributed by atoms with van der Waals surface area (Å²) in [4.78, 5) is 0. The number of fused-ring (bicyclic) bond motifs is 1. The van der Waals surface area contributed by atoms with Gasteiger partial charge in [0.25, 0.3) is 0 Å². The number of rotatable bonds is 0. The summed E-state index contributed by atoms with van der Waals surface area (Å²) in [5.74, 6) is 2.06. The molecule has 0 aromatic carbocycles. The maximum atomic E-state index is 5.90. The molecule has 2 saturated carbocycles. The molecule has 46 valence electrons. The van der Waals surface area contributed by atoms with Crippen LogP contribution in [0.1, 0.15) is 26.2 Å². The fraction of sp³-hybridized carbons (Fsp3) is 1.00. The van der Waals surface area contributed by atoms with Crippen molar-refractivity contribution in [2.45, 2.75) is 31.7 Å². The Morgan fingerprint density at radius 1 is 1.38 bits per heavy atom. The largest absolute Gasteiger partial charge is 0.325 e. The summed E-state index contributed by atoms with van der Waals surface area (Å²) >= 11 is 0. The molecule has 0 aromatic heterocycles. The zero-order valence-electron chi connectivity index (χ0n) is 5.35. The third kappa shape index (κ3) is 0.576. The molecule has 0 heterocycles. The van der Waals surface area contributed by atoms with E-state index in [0.29, 0.717) is 0 Å². The summed E-state index contributed by atoms with van der Waals surface area (Å²) in [5, 5.41) is 0. The van der Waals surface area contributed by atoms with Crippen molar-refractivity contribution < 1.29 is 0 Å². The number of hydrogen-bond donors (Lipinski definition) is 1. The van der Waals surface area contributed by atoms with Gasteiger partial charge in [-0.15, -0.1) is 0 Å². The molecule has 2 rings (SSSR count). The van der Waals surface area contributed by atoms with Crippen molar-refractivity contribution in [2.24, 2.45) is 17.6 Å². The van der Waals surface area contributed by atoms with Gasteiger partial charge in [-0.2, -0.15) is 0 Å². The highest BCUT2D eigenvalue weighted by Gasteiger charge is 2.49. The van der Waals surface area contributed by atoms with E-state index in [4.69, 9.17) is 5.73 Å². The van der Waals surface area contributed by atoms with Gasteiger partial charge >= 0.3 is 0 Å². The highest BCUT2D eigenvalue weighted by atomic mass is 14.8. The van der Waals surface area contributed by atoms with Crippen molar-refractivity contribution in [3.8, 4) is 0 Å². The van der Waals surface area contributed by atoms with Crippen molar-refractivity contribution in [1.29, 1.82) is 0 Å². The molecule has 1 nitrogen and oxygen atoms in total. The van der Waals surface area contributed by atoms with Gasteiger partial charge < -0.3 is 5.73 Å². The fourth-order valence-electron chi connectivity index (χ4n) is 2.09. The first-order chi connectivity index (χ1) is 3.67. The predicted octanol–water partition coefficient (Wildman–Crippen LogP) is 1.13. The minimum absolute atomic E-state index is 0.216. The van der Waals surface area contributed by atoms with E-state index in [9.17, 15) is 0 Å². The summed E-state index contributed by atoms with van der Waals surface area (Å²) in [7, 11) is 0. The molecule has 0 spiro atoms. The molecule has 8 heavy (non-hydrogen) atoms. The van der Waals surface area contributed by atoms with Gasteiger partial charge in [0, 0.05) is 5.54 Å². The van der Waals surface area contributed by atoms with E-state index in [1.165, 1.54) is 19.3 Å². The molecule has 0 aromatic rings. The molecular weight excluding hydrogens is 98.1 g/mol. The average molecular weight is 111 g/mol. The van der Waals surface area contributed by atoms with Crippen LogP contribution in [-0.4, -0.2) is 5.54 Å². The van der Waals surface area contributed by atoms with Crippen molar-refractivity contribution in [2.75, 3.05) is 0 Å². The summed E-state index contributed by atoms with van der Waals surface area (Å²) in [6, 6.07) is 0. The average Bonchev–Trinajstić information content (AvgIpc) is 2.11. The van der Waals surface area contributed by atoms with Crippen molar-refractivity contribution in [3.05, 3.63) is 0 Å². The van der Waals surface area contributed by atoms with Crippen LogP contribution in [0.4, 0.5) is 0 Å². The zero-order valence-corrected chi connectivity index (χ0v) is 5.35. The standard InChI is InChI=1S/C7H13N/c1-7(8)3-5-2-6(5)4-7/h5-6H,2-4,8H2,1H3. The van der Waals surface area contributed by atoms with Gasteiger partial charge in [-0.3, -0.25) is 0 Å². The van der Waals surface area contributed by atoms with Crippen LogP contribution in [0.5, 0.6) is 0 Å². The van der Waals surface area contributed by atoms with Gasteiger partial charge in [0.05, 0.1) is 0 Å². The smallest absolute Gasteiger partial charge is 0.0131 e. The van der Waals surface area contributed by atoms with E-state index in [0.717, 1.165) is 11.8 Å². The number of nitrogens with two attached hydrogens (primary N) is 1. The Hall–Kier alpha value is -0.0400. The molecule has 2 atom stereocenters. The van der Waals surface area contributed by atoms with Crippen LogP contribution in [-0.2, 0) is 0 Å². The van der Waals surface area contributed by atoms with E-state index in [1.54, 1.807) is 0 Å². The minimum Gasteiger partial charge on any atom is -0.325 e. The van der Waals surface area contributed by atoms with Gasteiger partial charge in [-0.1, -0.05) is 0 Å². The van der Waals surface area contributed by atoms with Crippen LogP contribution < -0.4 is 5.73 Å². The lowest BCUT2D eigenvalue weighted by molar-refractivity contribution is 0.435. The molecule has 2 unspecified atom stereocenters. The summed E-state index contributed by atoms with van der Waals surface area (Å²) < 4.78 is 0. The minimum atomic E-state index is 0.216. The Labute approximate surface area is 50.3 Å². The molecular formula is C7H13N. The summed E-state index contributed by atoms with van der Waals surface area (Å²) in [6.07, 6.45) is 4.06. The quantitative estimate of drug-likeness (QED) is 0.498. The lowest BCUT2D eigenvalue weighted by Gasteiger charge is -2.18. The van der Waals surface area contributed by atoms with Gasteiger partial charge in [-0.25, -0.2) is 0 Å². The molecule has 0 saturated heterocycles.